The van der Waals surface area contributed by atoms with Crippen LogP contribution in [0.1, 0.15) is 5.69 Å². The summed E-state index contributed by atoms with van der Waals surface area (Å²) in [7, 11) is 0. The summed E-state index contributed by atoms with van der Waals surface area (Å²) < 4.78 is 1.96. The van der Waals surface area contributed by atoms with Crippen LogP contribution in [0.25, 0.3) is 16.9 Å². The summed E-state index contributed by atoms with van der Waals surface area (Å²) in [6.07, 6.45) is 0. The summed E-state index contributed by atoms with van der Waals surface area (Å²) in [4.78, 5) is 4.39. The van der Waals surface area contributed by atoms with E-state index in [2.05, 4.69) is 4.98 Å². The van der Waals surface area contributed by atoms with Crippen molar-refractivity contribution in [1.29, 1.82) is 0 Å². The topological polar surface area (TPSA) is 43.8 Å². The summed E-state index contributed by atoms with van der Waals surface area (Å²) in [5.74, 6) is 0.485. The molecule has 3 nitrogen and oxygen atoms in total. The molecule has 1 aromatic heterocycles. The van der Waals surface area contributed by atoms with Gasteiger partial charge in [0.25, 0.3) is 0 Å². The van der Waals surface area contributed by atoms with Crippen molar-refractivity contribution in [2.45, 2.75) is 6.92 Å². The Hall–Kier alpha value is -2.26. The van der Waals surface area contributed by atoms with Gasteiger partial charge in [0.2, 0.25) is 5.95 Å². The average Bonchev–Trinajstić information content (AvgIpc) is 2.75. The van der Waals surface area contributed by atoms with Crippen LogP contribution in [0.15, 0.2) is 54.6 Å². The van der Waals surface area contributed by atoms with Gasteiger partial charge < -0.3 is 5.73 Å². The first kappa shape index (κ1) is 12.8. The van der Waals surface area contributed by atoms with Crippen molar-refractivity contribution in [3.63, 3.8) is 0 Å². The lowest BCUT2D eigenvalue weighted by Gasteiger charge is -2.11. The number of rotatable bonds is 2. The van der Waals surface area contributed by atoms with Gasteiger partial charge in [-0.05, 0) is 31.2 Å². The number of para-hydroxylation sites is 1. The first-order chi connectivity index (χ1) is 9.66. The molecular weight excluding hydrogens is 270 g/mol. The molecule has 0 bridgehead atoms. The maximum Gasteiger partial charge on any atom is 0.205 e. The number of nitrogens with zero attached hydrogens (tertiary/aromatic N) is 2. The van der Waals surface area contributed by atoms with Crippen molar-refractivity contribution < 1.29 is 0 Å². The third-order valence-corrected chi connectivity index (χ3v) is 3.46. The molecule has 2 aromatic carbocycles. The van der Waals surface area contributed by atoms with Gasteiger partial charge in [0.15, 0.2) is 0 Å². The molecule has 0 saturated carbocycles. The number of halogens is 1. The van der Waals surface area contributed by atoms with E-state index in [0.29, 0.717) is 11.0 Å². The maximum atomic E-state index is 6.07. The quantitative estimate of drug-likeness (QED) is 0.770. The second kappa shape index (κ2) is 5.02. The van der Waals surface area contributed by atoms with Gasteiger partial charge in [0.05, 0.1) is 11.4 Å². The highest BCUT2D eigenvalue weighted by atomic mass is 35.5. The summed E-state index contributed by atoms with van der Waals surface area (Å²) >= 11 is 5.95. The zero-order valence-corrected chi connectivity index (χ0v) is 11.8. The third-order valence-electron chi connectivity index (χ3n) is 3.21. The molecule has 0 saturated heterocycles. The van der Waals surface area contributed by atoms with Crippen LogP contribution < -0.4 is 5.73 Å². The molecule has 0 aliphatic heterocycles. The van der Waals surface area contributed by atoms with E-state index in [1.807, 2.05) is 66.1 Å². The predicted octanol–water partition coefficient (Wildman–Crippen LogP) is 4.08. The molecule has 0 amide bonds. The number of nitrogen functional groups attached to an aromatic ring is 1. The fourth-order valence-corrected chi connectivity index (χ4v) is 2.46. The fourth-order valence-electron chi connectivity index (χ4n) is 2.34. The van der Waals surface area contributed by atoms with Gasteiger partial charge >= 0.3 is 0 Å². The van der Waals surface area contributed by atoms with Crippen molar-refractivity contribution in [3.05, 3.63) is 65.3 Å². The van der Waals surface area contributed by atoms with Gasteiger partial charge in [0.1, 0.15) is 0 Å². The number of aryl methyl sites for hydroxylation is 1. The molecule has 0 radical (unpaired) electrons. The molecule has 0 aliphatic rings. The minimum absolute atomic E-state index is 0.485. The number of hydrogen-bond acceptors (Lipinski definition) is 2. The lowest BCUT2D eigenvalue weighted by molar-refractivity contribution is 1.08. The Morgan fingerprint density at radius 3 is 2.30 bits per heavy atom. The Kier molecular flexibility index (Phi) is 3.20. The van der Waals surface area contributed by atoms with Gasteiger partial charge in [-0.15, -0.1) is 0 Å². The zero-order valence-electron chi connectivity index (χ0n) is 11.0. The molecule has 0 fully saturated rings. The van der Waals surface area contributed by atoms with Gasteiger partial charge in [-0.25, -0.2) is 4.98 Å². The molecule has 3 rings (SSSR count). The molecule has 20 heavy (non-hydrogen) atoms. The molecule has 100 valence electrons. The normalized spacial score (nSPS) is 10.7. The molecule has 0 unspecified atom stereocenters. The van der Waals surface area contributed by atoms with E-state index in [0.717, 1.165) is 22.6 Å². The Balaban J connectivity index is 2.23. The molecule has 4 heteroatoms. The second-order valence-corrected chi connectivity index (χ2v) is 5.02. The summed E-state index contributed by atoms with van der Waals surface area (Å²) in [6.45, 7) is 1.96. The Morgan fingerprint density at radius 1 is 1.00 bits per heavy atom. The fraction of sp³-hybridized carbons (Fsp3) is 0.0625. The van der Waals surface area contributed by atoms with E-state index in [1.165, 1.54) is 0 Å². The van der Waals surface area contributed by atoms with Gasteiger partial charge in [0, 0.05) is 16.3 Å². The number of aromatic nitrogens is 2. The van der Waals surface area contributed by atoms with Crippen molar-refractivity contribution >= 4 is 17.5 Å². The average molecular weight is 284 g/mol. The van der Waals surface area contributed by atoms with E-state index < -0.39 is 0 Å². The Bertz CT molecular complexity index is 730. The van der Waals surface area contributed by atoms with E-state index in [-0.39, 0.29) is 0 Å². The van der Waals surface area contributed by atoms with Crippen LogP contribution in [0.4, 0.5) is 5.95 Å². The molecular formula is C16H14ClN3. The number of imidazole rings is 1. The van der Waals surface area contributed by atoms with Crippen molar-refractivity contribution in [2.75, 3.05) is 5.73 Å². The molecule has 1 heterocycles. The van der Waals surface area contributed by atoms with E-state index in [4.69, 9.17) is 17.3 Å². The minimum Gasteiger partial charge on any atom is -0.369 e. The summed E-state index contributed by atoms with van der Waals surface area (Å²) in [6, 6.07) is 17.7. The smallest absolute Gasteiger partial charge is 0.205 e. The number of benzene rings is 2. The van der Waals surface area contributed by atoms with Gasteiger partial charge in [-0.1, -0.05) is 41.9 Å². The predicted molar refractivity (Wildman–Crippen MR) is 83.2 cm³/mol. The van der Waals surface area contributed by atoms with Crippen LogP contribution in [0.5, 0.6) is 0 Å². The van der Waals surface area contributed by atoms with Crippen LogP contribution in [-0.2, 0) is 0 Å². The van der Waals surface area contributed by atoms with Crippen molar-refractivity contribution in [2.24, 2.45) is 0 Å². The minimum atomic E-state index is 0.485. The number of hydrogen-bond donors (Lipinski definition) is 1. The maximum absolute atomic E-state index is 6.07. The van der Waals surface area contributed by atoms with E-state index in [9.17, 15) is 0 Å². The van der Waals surface area contributed by atoms with E-state index in [1.54, 1.807) is 0 Å². The molecule has 0 spiro atoms. The third kappa shape index (κ3) is 2.17. The van der Waals surface area contributed by atoms with Gasteiger partial charge in [-0.2, -0.15) is 0 Å². The van der Waals surface area contributed by atoms with Crippen molar-refractivity contribution in [3.8, 4) is 16.9 Å². The van der Waals surface area contributed by atoms with E-state index >= 15 is 0 Å². The highest BCUT2D eigenvalue weighted by Gasteiger charge is 2.15. The van der Waals surface area contributed by atoms with Crippen molar-refractivity contribution in [1.82, 2.24) is 9.55 Å². The highest BCUT2D eigenvalue weighted by Crippen LogP contribution is 2.30. The standard InChI is InChI=1S/C16H14ClN3/c1-11-15(12-7-9-13(17)10-8-12)20(16(18)19-11)14-5-3-2-4-6-14/h2-10H,1H3,(H2,18,19). The summed E-state index contributed by atoms with van der Waals surface area (Å²) in [5.41, 5.74) is 9.99. The van der Waals surface area contributed by atoms with Crippen LogP contribution in [-0.4, -0.2) is 9.55 Å². The Morgan fingerprint density at radius 2 is 1.65 bits per heavy atom. The SMILES string of the molecule is Cc1nc(N)n(-c2ccccc2)c1-c1ccc(Cl)cc1. The lowest BCUT2D eigenvalue weighted by Crippen LogP contribution is -2.02. The molecule has 0 atom stereocenters. The highest BCUT2D eigenvalue weighted by molar-refractivity contribution is 6.30. The lowest BCUT2D eigenvalue weighted by atomic mass is 10.1. The molecule has 0 aliphatic carbocycles. The first-order valence-corrected chi connectivity index (χ1v) is 6.71. The monoisotopic (exact) mass is 283 g/mol. The van der Waals surface area contributed by atoms with Crippen LogP contribution in [0.2, 0.25) is 5.02 Å². The Labute approximate surface area is 122 Å². The number of nitrogens with two attached hydrogens (primary N) is 1. The van der Waals surface area contributed by atoms with Crippen LogP contribution >= 0.6 is 11.6 Å². The zero-order chi connectivity index (χ0) is 14.1. The second-order valence-electron chi connectivity index (χ2n) is 4.58. The summed E-state index contributed by atoms with van der Waals surface area (Å²) in [5, 5.41) is 0.713. The number of anilines is 1. The first-order valence-electron chi connectivity index (χ1n) is 6.33. The molecule has 3 aromatic rings. The van der Waals surface area contributed by atoms with Crippen LogP contribution in [0, 0.1) is 6.92 Å². The van der Waals surface area contributed by atoms with Gasteiger partial charge in [-0.3, -0.25) is 4.57 Å². The van der Waals surface area contributed by atoms with Crippen LogP contribution in [0.3, 0.4) is 0 Å². The largest absolute Gasteiger partial charge is 0.369 e. The molecule has 2 N–H and O–H groups in total.